The monoisotopic (exact) mass is 275 g/mol. The third-order valence-electron chi connectivity index (χ3n) is 2.33. The number of carboxylic acid groups (broad SMARTS) is 1. The molecular weight excluding hydrogens is 250 g/mol. The lowest BCUT2D eigenvalue weighted by Gasteiger charge is -2.22. The average Bonchev–Trinajstić information content (AvgIpc) is 2.21. The van der Waals surface area contributed by atoms with Gasteiger partial charge in [-0.2, -0.15) is 11.8 Å². The Labute approximate surface area is 114 Å². The van der Waals surface area contributed by atoms with E-state index in [0.29, 0.717) is 18.2 Å². The fourth-order valence-electron chi connectivity index (χ4n) is 1.43. The number of nitrogens with zero attached hydrogens (tertiary/aromatic N) is 1. The van der Waals surface area contributed by atoms with Gasteiger partial charge in [0, 0.05) is 6.54 Å². The van der Waals surface area contributed by atoms with E-state index in [-0.39, 0.29) is 18.4 Å². The second kappa shape index (κ2) is 9.25. The van der Waals surface area contributed by atoms with Crippen molar-refractivity contribution < 1.29 is 14.7 Å². The van der Waals surface area contributed by atoms with Crippen molar-refractivity contribution in [3.63, 3.8) is 0 Å². The van der Waals surface area contributed by atoms with Crippen molar-refractivity contribution in [1.82, 2.24) is 4.90 Å². The Morgan fingerprint density at radius 3 is 2.22 bits per heavy atom. The van der Waals surface area contributed by atoms with Crippen molar-refractivity contribution in [1.29, 1.82) is 0 Å². The van der Waals surface area contributed by atoms with Gasteiger partial charge in [-0.05, 0) is 24.0 Å². The predicted molar refractivity (Wildman–Crippen MR) is 75.8 cm³/mol. The molecule has 0 unspecified atom stereocenters. The van der Waals surface area contributed by atoms with E-state index in [1.54, 1.807) is 11.8 Å². The molecular formula is C13H25NO3S. The van der Waals surface area contributed by atoms with Gasteiger partial charge in [0.1, 0.15) is 6.54 Å². The van der Waals surface area contributed by atoms with Crippen LogP contribution in [0, 0.1) is 11.8 Å². The van der Waals surface area contributed by atoms with Crippen molar-refractivity contribution in [3.8, 4) is 0 Å². The molecule has 1 amide bonds. The summed E-state index contributed by atoms with van der Waals surface area (Å²) in [6, 6.07) is 0. The summed E-state index contributed by atoms with van der Waals surface area (Å²) in [6.45, 7) is 8.58. The molecule has 0 saturated heterocycles. The largest absolute Gasteiger partial charge is 0.480 e. The summed E-state index contributed by atoms with van der Waals surface area (Å²) in [4.78, 5) is 24.1. The number of carbonyl (C=O) groups is 2. The van der Waals surface area contributed by atoms with E-state index < -0.39 is 5.97 Å². The molecule has 0 aliphatic heterocycles. The van der Waals surface area contributed by atoms with Gasteiger partial charge in [0.05, 0.1) is 5.75 Å². The molecule has 0 aliphatic carbocycles. The Morgan fingerprint density at radius 2 is 1.78 bits per heavy atom. The first-order valence-electron chi connectivity index (χ1n) is 6.40. The Bertz CT molecular complexity index is 267. The van der Waals surface area contributed by atoms with Crippen molar-refractivity contribution in [2.24, 2.45) is 11.8 Å². The fraction of sp³-hybridized carbons (Fsp3) is 0.846. The van der Waals surface area contributed by atoms with Crippen LogP contribution in [-0.2, 0) is 9.59 Å². The first-order chi connectivity index (χ1) is 8.32. The predicted octanol–water partition coefficient (Wildman–Crippen LogP) is 2.33. The molecule has 0 heterocycles. The van der Waals surface area contributed by atoms with Crippen LogP contribution in [0.25, 0.3) is 0 Å². The molecule has 0 radical (unpaired) electrons. The van der Waals surface area contributed by atoms with Crippen molar-refractivity contribution in [2.45, 2.75) is 34.1 Å². The fourth-order valence-corrected chi connectivity index (χ4v) is 2.57. The summed E-state index contributed by atoms with van der Waals surface area (Å²) in [7, 11) is 0. The van der Waals surface area contributed by atoms with E-state index in [0.717, 1.165) is 12.2 Å². The Morgan fingerprint density at radius 1 is 1.17 bits per heavy atom. The zero-order valence-corrected chi connectivity index (χ0v) is 12.6. The molecule has 0 saturated carbocycles. The first kappa shape index (κ1) is 17.3. The molecule has 0 bridgehead atoms. The molecule has 0 rings (SSSR count). The Balaban J connectivity index is 4.08. The lowest BCUT2D eigenvalue weighted by atomic mass is 10.2. The zero-order valence-electron chi connectivity index (χ0n) is 11.8. The van der Waals surface area contributed by atoms with Gasteiger partial charge in [0.2, 0.25) is 5.91 Å². The highest BCUT2D eigenvalue weighted by Crippen LogP contribution is 2.10. The molecule has 4 nitrogen and oxygen atoms in total. The van der Waals surface area contributed by atoms with Crippen LogP contribution in [0.1, 0.15) is 34.1 Å². The average molecular weight is 275 g/mol. The summed E-state index contributed by atoms with van der Waals surface area (Å²) < 4.78 is 0. The molecule has 18 heavy (non-hydrogen) atoms. The third-order valence-corrected chi connectivity index (χ3v) is 3.30. The van der Waals surface area contributed by atoms with Crippen LogP contribution < -0.4 is 0 Å². The number of thioether (sulfide) groups is 1. The summed E-state index contributed by atoms with van der Waals surface area (Å²) in [5.41, 5.74) is 0. The normalized spacial score (nSPS) is 11.0. The summed E-state index contributed by atoms with van der Waals surface area (Å²) >= 11 is 1.59. The number of hydrogen-bond acceptors (Lipinski definition) is 3. The quantitative estimate of drug-likeness (QED) is 0.656. The maximum Gasteiger partial charge on any atom is 0.323 e. The van der Waals surface area contributed by atoms with E-state index in [1.807, 2.05) is 13.8 Å². The smallest absolute Gasteiger partial charge is 0.323 e. The Kier molecular flexibility index (Phi) is 8.89. The number of hydrogen-bond donors (Lipinski definition) is 1. The molecule has 0 atom stereocenters. The molecule has 106 valence electrons. The van der Waals surface area contributed by atoms with E-state index in [1.165, 1.54) is 4.90 Å². The SMILES string of the molecule is CC(C)CCSCC(=O)N(CC(=O)O)CC(C)C. The number of carbonyl (C=O) groups excluding carboxylic acids is 1. The standard InChI is InChI=1S/C13H25NO3S/c1-10(2)5-6-18-9-12(15)14(7-11(3)4)8-13(16)17/h10-11H,5-9H2,1-4H3,(H,16,17). The molecule has 0 aromatic heterocycles. The van der Waals surface area contributed by atoms with Gasteiger partial charge in [-0.15, -0.1) is 0 Å². The number of rotatable bonds is 9. The van der Waals surface area contributed by atoms with Crippen LogP contribution >= 0.6 is 11.8 Å². The third kappa shape index (κ3) is 9.33. The maximum atomic E-state index is 11.9. The molecule has 5 heteroatoms. The summed E-state index contributed by atoms with van der Waals surface area (Å²) in [6.07, 6.45) is 1.08. The molecule has 0 fully saturated rings. The van der Waals surface area contributed by atoms with Gasteiger partial charge in [0.25, 0.3) is 0 Å². The first-order valence-corrected chi connectivity index (χ1v) is 7.55. The minimum atomic E-state index is -0.948. The lowest BCUT2D eigenvalue weighted by Crippen LogP contribution is -2.39. The highest BCUT2D eigenvalue weighted by Gasteiger charge is 2.17. The van der Waals surface area contributed by atoms with E-state index in [2.05, 4.69) is 13.8 Å². The highest BCUT2D eigenvalue weighted by atomic mass is 32.2. The Hall–Kier alpha value is -0.710. The molecule has 0 aromatic rings. The van der Waals surface area contributed by atoms with Crippen LogP contribution in [0.3, 0.4) is 0 Å². The van der Waals surface area contributed by atoms with Crippen molar-refractivity contribution >= 4 is 23.6 Å². The van der Waals surface area contributed by atoms with E-state index in [9.17, 15) is 9.59 Å². The minimum Gasteiger partial charge on any atom is -0.480 e. The van der Waals surface area contributed by atoms with Crippen LogP contribution in [0.2, 0.25) is 0 Å². The van der Waals surface area contributed by atoms with Crippen molar-refractivity contribution in [2.75, 3.05) is 24.6 Å². The van der Waals surface area contributed by atoms with Crippen LogP contribution in [-0.4, -0.2) is 46.5 Å². The second-order valence-corrected chi connectivity index (χ2v) is 6.40. The van der Waals surface area contributed by atoms with Gasteiger partial charge in [-0.25, -0.2) is 0 Å². The second-order valence-electron chi connectivity index (χ2n) is 5.30. The van der Waals surface area contributed by atoms with E-state index >= 15 is 0 Å². The van der Waals surface area contributed by atoms with Crippen LogP contribution in [0.15, 0.2) is 0 Å². The topological polar surface area (TPSA) is 57.6 Å². The molecule has 0 aromatic carbocycles. The minimum absolute atomic E-state index is 0.0696. The number of carboxylic acids is 1. The maximum absolute atomic E-state index is 11.9. The van der Waals surface area contributed by atoms with Gasteiger partial charge in [-0.3, -0.25) is 9.59 Å². The van der Waals surface area contributed by atoms with Gasteiger partial charge >= 0.3 is 5.97 Å². The molecule has 0 aliphatic rings. The van der Waals surface area contributed by atoms with Crippen LogP contribution in [0.5, 0.6) is 0 Å². The van der Waals surface area contributed by atoms with Gasteiger partial charge < -0.3 is 10.0 Å². The highest BCUT2D eigenvalue weighted by molar-refractivity contribution is 7.99. The molecule has 0 spiro atoms. The zero-order chi connectivity index (χ0) is 14.1. The van der Waals surface area contributed by atoms with Crippen LogP contribution in [0.4, 0.5) is 0 Å². The summed E-state index contributed by atoms with van der Waals surface area (Å²) in [5.74, 6) is 1.24. The van der Waals surface area contributed by atoms with Gasteiger partial charge in [0.15, 0.2) is 0 Å². The molecule has 1 N–H and O–H groups in total. The number of aliphatic carboxylic acids is 1. The van der Waals surface area contributed by atoms with Gasteiger partial charge in [-0.1, -0.05) is 27.7 Å². The van der Waals surface area contributed by atoms with E-state index in [4.69, 9.17) is 5.11 Å². The lowest BCUT2D eigenvalue weighted by molar-refractivity contribution is -0.143. The van der Waals surface area contributed by atoms with Crippen molar-refractivity contribution in [3.05, 3.63) is 0 Å². The number of amides is 1. The summed E-state index contributed by atoms with van der Waals surface area (Å²) in [5, 5.41) is 8.79.